The number of benzene rings is 1. The van der Waals surface area contributed by atoms with E-state index in [1.807, 2.05) is 54.2 Å². The fourth-order valence-electron chi connectivity index (χ4n) is 2.69. The molecule has 0 amide bonds. The van der Waals surface area contributed by atoms with E-state index in [1.54, 1.807) is 0 Å². The van der Waals surface area contributed by atoms with Gasteiger partial charge >= 0.3 is 5.69 Å². The third-order valence-corrected chi connectivity index (χ3v) is 3.98. The van der Waals surface area contributed by atoms with E-state index in [1.165, 1.54) is 0 Å². The second-order valence-corrected chi connectivity index (χ2v) is 6.12. The van der Waals surface area contributed by atoms with Crippen LogP contribution in [-0.4, -0.2) is 9.13 Å². The van der Waals surface area contributed by atoms with Crippen molar-refractivity contribution in [3.05, 3.63) is 34.7 Å². The number of unbranched alkanes of at least 4 members (excludes halogenated alkanes) is 1. The summed E-state index contributed by atoms with van der Waals surface area (Å²) in [7, 11) is 0. The van der Waals surface area contributed by atoms with Crippen molar-refractivity contribution in [2.45, 2.75) is 53.1 Å². The maximum absolute atomic E-state index is 12.4. The molecule has 0 aliphatic heterocycles. The normalized spacial score (nSPS) is 11.7. The van der Waals surface area contributed by atoms with Gasteiger partial charge in [-0.1, -0.05) is 18.6 Å². The zero-order valence-electron chi connectivity index (χ0n) is 13.1. The molecular weight excluding hydrogens is 262 g/mol. The first-order valence-electron chi connectivity index (χ1n) is 7.59. The van der Waals surface area contributed by atoms with Gasteiger partial charge in [-0.05, 0) is 45.7 Å². The lowest BCUT2D eigenvalue weighted by atomic mass is 9.89. The Hall–Kier alpha value is -2.02. The van der Waals surface area contributed by atoms with E-state index < -0.39 is 0 Å². The van der Waals surface area contributed by atoms with Crippen molar-refractivity contribution in [3.63, 3.8) is 0 Å². The number of nitrogens with zero attached hydrogens (tertiary/aromatic N) is 3. The number of rotatable bonds is 6. The van der Waals surface area contributed by atoms with Crippen LogP contribution in [0.2, 0.25) is 0 Å². The number of aryl methyl sites for hydroxylation is 2. The van der Waals surface area contributed by atoms with Gasteiger partial charge in [0.2, 0.25) is 0 Å². The van der Waals surface area contributed by atoms with Crippen molar-refractivity contribution < 1.29 is 0 Å². The molecule has 21 heavy (non-hydrogen) atoms. The van der Waals surface area contributed by atoms with E-state index in [-0.39, 0.29) is 11.1 Å². The molecule has 2 aromatic rings. The summed E-state index contributed by atoms with van der Waals surface area (Å²) in [5.41, 5.74) is 1.80. The van der Waals surface area contributed by atoms with Crippen LogP contribution in [0.15, 0.2) is 29.1 Å². The van der Waals surface area contributed by atoms with Crippen LogP contribution >= 0.6 is 0 Å². The number of hydrogen-bond donors (Lipinski definition) is 0. The number of aromatic nitrogens is 2. The molecule has 0 bridgehead atoms. The molecule has 0 atom stereocenters. The van der Waals surface area contributed by atoms with E-state index in [0.717, 1.165) is 30.3 Å². The summed E-state index contributed by atoms with van der Waals surface area (Å²) in [6.45, 7) is 7.32. The van der Waals surface area contributed by atoms with Crippen LogP contribution in [0.3, 0.4) is 0 Å². The summed E-state index contributed by atoms with van der Waals surface area (Å²) in [4.78, 5) is 12.4. The Morgan fingerprint density at radius 2 is 1.76 bits per heavy atom. The van der Waals surface area contributed by atoms with Crippen LogP contribution in [0, 0.1) is 16.7 Å². The van der Waals surface area contributed by atoms with Crippen molar-refractivity contribution in [2.75, 3.05) is 0 Å². The highest BCUT2D eigenvalue weighted by molar-refractivity contribution is 5.75. The summed E-state index contributed by atoms with van der Waals surface area (Å²) < 4.78 is 3.67. The number of hydrogen-bond acceptors (Lipinski definition) is 2. The van der Waals surface area contributed by atoms with Crippen molar-refractivity contribution >= 4 is 11.0 Å². The van der Waals surface area contributed by atoms with Gasteiger partial charge in [-0.25, -0.2) is 4.79 Å². The van der Waals surface area contributed by atoms with E-state index in [4.69, 9.17) is 5.26 Å². The first-order chi connectivity index (χ1) is 10.00. The molecule has 0 unspecified atom stereocenters. The number of fused-ring (bicyclic) bond motifs is 1. The number of para-hydroxylation sites is 2. The summed E-state index contributed by atoms with van der Waals surface area (Å²) in [5.74, 6) is 0. The quantitative estimate of drug-likeness (QED) is 0.762. The lowest BCUT2D eigenvalue weighted by Gasteiger charge is -2.14. The van der Waals surface area contributed by atoms with E-state index >= 15 is 0 Å². The molecule has 0 aliphatic rings. The molecule has 4 nitrogen and oxygen atoms in total. The molecule has 112 valence electrons. The van der Waals surface area contributed by atoms with E-state index in [0.29, 0.717) is 13.1 Å². The number of imidazole rings is 1. The van der Waals surface area contributed by atoms with Crippen LogP contribution in [-0.2, 0) is 13.1 Å². The predicted molar refractivity (Wildman–Crippen MR) is 85.1 cm³/mol. The molecule has 2 rings (SSSR count). The second kappa shape index (κ2) is 6.17. The van der Waals surface area contributed by atoms with E-state index in [2.05, 4.69) is 6.07 Å². The van der Waals surface area contributed by atoms with Gasteiger partial charge in [0.05, 0.1) is 22.5 Å². The summed E-state index contributed by atoms with van der Waals surface area (Å²) >= 11 is 0. The SMILES string of the molecule is CCn1c(=O)n(CCCCC(C)(C)C#N)c2ccccc21. The van der Waals surface area contributed by atoms with E-state index in [9.17, 15) is 4.79 Å². The highest BCUT2D eigenvalue weighted by atomic mass is 16.1. The van der Waals surface area contributed by atoms with Gasteiger partial charge in [-0.2, -0.15) is 5.26 Å². The largest absolute Gasteiger partial charge is 0.329 e. The Morgan fingerprint density at radius 1 is 1.14 bits per heavy atom. The van der Waals surface area contributed by atoms with Crippen LogP contribution in [0.4, 0.5) is 0 Å². The van der Waals surface area contributed by atoms with Gasteiger partial charge < -0.3 is 0 Å². The Balaban J connectivity index is 2.15. The topological polar surface area (TPSA) is 50.7 Å². The molecule has 0 saturated heterocycles. The smallest absolute Gasteiger partial charge is 0.292 e. The molecule has 1 aromatic carbocycles. The van der Waals surface area contributed by atoms with Gasteiger partial charge in [0.15, 0.2) is 0 Å². The molecular formula is C17H23N3O. The van der Waals surface area contributed by atoms with Crippen molar-refractivity contribution in [1.29, 1.82) is 5.26 Å². The Bertz CT molecular complexity index is 716. The van der Waals surface area contributed by atoms with Gasteiger partial charge in [0.25, 0.3) is 0 Å². The molecule has 0 radical (unpaired) electrons. The number of nitriles is 1. The van der Waals surface area contributed by atoms with Crippen LogP contribution < -0.4 is 5.69 Å². The molecule has 1 heterocycles. The summed E-state index contributed by atoms with van der Waals surface area (Å²) in [5, 5.41) is 9.02. The third-order valence-electron chi connectivity index (χ3n) is 3.98. The highest BCUT2D eigenvalue weighted by Gasteiger charge is 2.16. The fraction of sp³-hybridized carbons (Fsp3) is 0.529. The molecule has 4 heteroatoms. The Labute approximate surface area is 125 Å². The molecule has 0 aliphatic carbocycles. The lowest BCUT2D eigenvalue weighted by molar-refractivity contribution is 0.416. The molecule has 0 saturated carbocycles. The van der Waals surface area contributed by atoms with Gasteiger partial charge in [0, 0.05) is 13.1 Å². The highest BCUT2D eigenvalue weighted by Crippen LogP contribution is 2.22. The third kappa shape index (κ3) is 3.18. The lowest BCUT2D eigenvalue weighted by Crippen LogP contribution is -2.24. The molecule has 1 aromatic heterocycles. The Kier molecular flexibility index (Phi) is 4.52. The van der Waals surface area contributed by atoms with Gasteiger partial charge in [0.1, 0.15) is 0 Å². The van der Waals surface area contributed by atoms with Crippen LogP contribution in [0.25, 0.3) is 11.0 Å². The first kappa shape index (κ1) is 15.4. The predicted octanol–water partition coefficient (Wildman–Crippen LogP) is 3.54. The Morgan fingerprint density at radius 3 is 2.33 bits per heavy atom. The standard InChI is InChI=1S/C17H23N3O/c1-4-19-14-9-5-6-10-15(14)20(16(19)21)12-8-7-11-17(2,3)13-18/h5-6,9-10H,4,7-8,11-12H2,1-3H3. The zero-order valence-corrected chi connectivity index (χ0v) is 13.1. The van der Waals surface area contributed by atoms with Gasteiger partial charge in [-0.15, -0.1) is 0 Å². The molecule has 0 fully saturated rings. The fourth-order valence-corrected chi connectivity index (χ4v) is 2.69. The minimum absolute atomic E-state index is 0.0678. The van der Waals surface area contributed by atoms with Crippen LogP contribution in [0.5, 0.6) is 0 Å². The second-order valence-electron chi connectivity index (χ2n) is 6.12. The van der Waals surface area contributed by atoms with Crippen molar-refractivity contribution in [3.8, 4) is 6.07 Å². The van der Waals surface area contributed by atoms with Crippen molar-refractivity contribution in [1.82, 2.24) is 9.13 Å². The molecule has 0 N–H and O–H groups in total. The monoisotopic (exact) mass is 285 g/mol. The van der Waals surface area contributed by atoms with Crippen LogP contribution in [0.1, 0.15) is 40.0 Å². The van der Waals surface area contributed by atoms with Crippen molar-refractivity contribution in [2.24, 2.45) is 5.41 Å². The average Bonchev–Trinajstić information content (AvgIpc) is 2.75. The molecule has 0 spiro atoms. The average molecular weight is 285 g/mol. The summed E-state index contributed by atoms with van der Waals surface area (Å²) in [6, 6.07) is 10.3. The first-order valence-corrected chi connectivity index (χ1v) is 7.59. The maximum Gasteiger partial charge on any atom is 0.329 e. The minimum Gasteiger partial charge on any atom is -0.292 e. The minimum atomic E-state index is -0.275. The van der Waals surface area contributed by atoms with Gasteiger partial charge in [-0.3, -0.25) is 9.13 Å². The summed E-state index contributed by atoms with van der Waals surface area (Å²) in [6.07, 6.45) is 2.74. The maximum atomic E-state index is 12.4. The zero-order chi connectivity index (χ0) is 15.5.